The van der Waals surface area contributed by atoms with Crippen LogP contribution in [0.5, 0.6) is 0 Å². The molecule has 34 heavy (non-hydrogen) atoms. The zero-order chi connectivity index (χ0) is 25.4. The molecule has 0 aromatic carbocycles. The first-order chi connectivity index (χ1) is 15.8. The zero-order valence-electron chi connectivity index (χ0n) is 17.9. The molecule has 3 N–H and O–H groups in total. The van der Waals surface area contributed by atoms with Crippen molar-refractivity contribution in [1.29, 1.82) is 0 Å². The van der Waals surface area contributed by atoms with Crippen LogP contribution in [-0.2, 0) is 26.2 Å². The van der Waals surface area contributed by atoms with Crippen molar-refractivity contribution in [3.63, 3.8) is 0 Å². The van der Waals surface area contributed by atoms with Gasteiger partial charge in [-0.2, -0.15) is 13.2 Å². The lowest BCUT2D eigenvalue weighted by Crippen LogP contribution is -2.69. The van der Waals surface area contributed by atoms with E-state index in [1.807, 2.05) is 36.1 Å². The maximum atomic E-state index is 12.8. The Balaban J connectivity index is 0.000000406. The number of rotatable bonds is 3. The second kappa shape index (κ2) is 9.25. The number of allylic oxidation sites excluding steroid dienone is 2. The van der Waals surface area contributed by atoms with Gasteiger partial charge in [-0.25, -0.2) is 9.36 Å². The van der Waals surface area contributed by atoms with Crippen molar-refractivity contribution in [3.05, 3.63) is 47.4 Å². The van der Waals surface area contributed by atoms with E-state index in [9.17, 15) is 32.7 Å². The summed E-state index contributed by atoms with van der Waals surface area (Å²) < 4.78 is 33.4. The molecule has 3 aliphatic rings. The van der Waals surface area contributed by atoms with Gasteiger partial charge in [0.05, 0.1) is 6.04 Å². The molecule has 0 spiro atoms. The molecule has 2 saturated heterocycles. The van der Waals surface area contributed by atoms with Gasteiger partial charge in [-0.1, -0.05) is 0 Å². The molecule has 13 heteroatoms. The molecule has 2 atom stereocenters. The van der Waals surface area contributed by atoms with Crippen LogP contribution < -0.4 is 20.3 Å². The SMILES string of the molecule is C[n+]1cccc(N2CCC(=CC3=C(C(=O)O)N4C(=O)[C@@H](N)[C@H]4CC3)C2=O)c1.O=C([O-])C(F)(F)F. The number of carboxylic acids is 2. The summed E-state index contributed by atoms with van der Waals surface area (Å²) in [6, 6.07) is 2.85. The number of nitrogens with zero attached hydrogens (tertiary/aromatic N) is 3. The molecular weight excluding hydrogens is 461 g/mol. The molecule has 4 heterocycles. The normalized spacial score (nSPS) is 23.4. The number of hydrogen-bond donors (Lipinski definition) is 2. The zero-order valence-corrected chi connectivity index (χ0v) is 17.9. The summed E-state index contributed by atoms with van der Waals surface area (Å²) in [6.07, 6.45) is 1.84. The third kappa shape index (κ3) is 4.78. The number of anilines is 1. The van der Waals surface area contributed by atoms with Crippen molar-refractivity contribution in [3.8, 4) is 0 Å². The van der Waals surface area contributed by atoms with Crippen LogP contribution in [0.3, 0.4) is 0 Å². The maximum absolute atomic E-state index is 12.8. The van der Waals surface area contributed by atoms with Crippen molar-refractivity contribution in [2.24, 2.45) is 12.8 Å². The molecule has 0 aliphatic carbocycles. The lowest BCUT2D eigenvalue weighted by molar-refractivity contribution is -0.670. The number of aliphatic carboxylic acids is 2. The average molecular weight is 482 g/mol. The summed E-state index contributed by atoms with van der Waals surface area (Å²) in [5.74, 6) is -4.67. The van der Waals surface area contributed by atoms with Crippen molar-refractivity contribution in [2.45, 2.75) is 37.5 Å². The van der Waals surface area contributed by atoms with Gasteiger partial charge >= 0.3 is 12.1 Å². The topological polar surface area (TPSA) is 148 Å². The molecule has 1 aromatic heterocycles. The number of alkyl halides is 3. The Morgan fingerprint density at radius 3 is 2.50 bits per heavy atom. The highest BCUT2D eigenvalue weighted by Gasteiger charge is 2.50. The third-order valence-corrected chi connectivity index (χ3v) is 5.67. The largest absolute Gasteiger partial charge is 0.542 e. The fraction of sp³-hybridized carbons (Fsp3) is 0.381. The second-order valence-electron chi connectivity index (χ2n) is 7.91. The molecule has 0 unspecified atom stereocenters. The Bertz CT molecular complexity index is 1110. The molecule has 0 bridgehead atoms. The van der Waals surface area contributed by atoms with E-state index >= 15 is 0 Å². The minimum Gasteiger partial charge on any atom is -0.542 e. The van der Waals surface area contributed by atoms with Crippen LogP contribution in [0.2, 0.25) is 0 Å². The van der Waals surface area contributed by atoms with Gasteiger partial charge in [0, 0.05) is 18.2 Å². The van der Waals surface area contributed by atoms with E-state index in [1.54, 1.807) is 11.0 Å². The van der Waals surface area contributed by atoms with Crippen LogP contribution in [0.1, 0.15) is 19.3 Å². The Hall–Kier alpha value is -3.74. The molecule has 4 rings (SSSR count). The quantitative estimate of drug-likeness (QED) is 0.324. The molecule has 0 radical (unpaired) electrons. The minimum atomic E-state index is -5.19. The predicted molar refractivity (Wildman–Crippen MR) is 106 cm³/mol. The third-order valence-electron chi connectivity index (χ3n) is 5.67. The molecular formula is C21H21F3N4O6. The number of amides is 2. The second-order valence-corrected chi connectivity index (χ2v) is 7.91. The number of hydrogen-bond acceptors (Lipinski definition) is 6. The fourth-order valence-corrected chi connectivity index (χ4v) is 4.05. The maximum Gasteiger partial charge on any atom is 0.430 e. The molecule has 2 amide bonds. The minimum absolute atomic E-state index is 0.0391. The van der Waals surface area contributed by atoms with Gasteiger partial charge < -0.3 is 25.6 Å². The highest BCUT2D eigenvalue weighted by Crippen LogP contribution is 2.37. The highest BCUT2D eigenvalue weighted by molar-refractivity contribution is 6.08. The number of carbonyl (C=O) groups is 4. The number of halogens is 3. The molecule has 3 aliphatic heterocycles. The summed E-state index contributed by atoms with van der Waals surface area (Å²) >= 11 is 0. The lowest BCUT2D eigenvalue weighted by Gasteiger charge is -2.48. The first-order valence-corrected chi connectivity index (χ1v) is 10.1. The van der Waals surface area contributed by atoms with E-state index in [0.29, 0.717) is 37.0 Å². The van der Waals surface area contributed by atoms with E-state index in [-0.39, 0.29) is 23.6 Å². The number of aromatic nitrogens is 1. The summed E-state index contributed by atoms with van der Waals surface area (Å²) in [6.45, 7) is 0.542. The van der Waals surface area contributed by atoms with Crippen molar-refractivity contribution < 1.29 is 47.1 Å². The van der Waals surface area contributed by atoms with Gasteiger partial charge in [-0.05, 0) is 37.0 Å². The van der Waals surface area contributed by atoms with Gasteiger partial charge in [0.15, 0.2) is 12.4 Å². The molecule has 1 aromatic rings. The van der Waals surface area contributed by atoms with Crippen molar-refractivity contribution in [2.75, 3.05) is 11.4 Å². The van der Waals surface area contributed by atoms with Gasteiger partial charge in [0.1, 0.15) is 30.4 Å². The van der Waals surface area contributed by atoms with Gasteiger partial charge in [-0.3, -0.25) is 14.5 Å². The molecule has 182 valence electrons. The number of carbonyl (C=O) groups excluding carboxylic acids is 3. The summed E-state index contributed by atoms with van der Waals surface area (Å²) in [5, 5.41) is 18.4. The fourth-order valence-electron chi connectivity index (χ4n) is 4.05. The first kappa shape index (κ1) is 24.9. The van der Waals surface area contributed by atoms with E-state index in [1.165, 1.54) is 4.90 Å². The number of aryl methyl sites for hydroxylation is 1. The average Bonchev–Trinajstić information content (AvgIpc) is 3.12. The standard InChI is InChI=1S/C19H20N4O4.C2HF3O2/c1-21-7-2-3-13(10-21)22-8-6-12(17(22)24)9-11-4-5-14-15(20)18(25)23(14)16(11)19(26)27;3-2(4,5)1(6)7/h2-3,7,9-10,14-15H,4-6,8,20H2,1H3;(H,6,7)/t14-,15+;/m1./s1. The highest BCUT2D eigenvalue weighted by atomic mass is 19.4. The van der Waals surface area contributed by atoms with Crippen LogP contribution in [0.15, 0.2) is 47.4 Å². The number of nitrogens with two attached hydrogens (primary N) is 1. The summed E-state index contributed by atoms with van der Waals surface area (Å²) in [5.41, 5.74) is 7.62. The van der Waals surface area contributed by atoms with E-state index in [2.05, 4.69) is 0 Å². The van der Waals surface area contributed by atoms with Gasteiger partial charge in [0.25, 0.3) is 5.91 Å². The molecule has 10 nitrogen and oxygen atoms in total. The Labute approximate surface area is 191 Å². The molecule has 0 saturated carbocycles. The smallest absolute Gasteiger partial charge is 0.430 e. The van der Waals surface area contributed by atoms with Crippen LogP contribution >= 0.6 is 0 Å². The predicted octanol–water partition coefficient (Wildman–Crippen LogP) is -0.857. The number of carboxylic acid groups (broad SMARTS) is 2. The van der Waals surface area contributed by atoms with E-state index < -0.39 is 24.2 Å². The lowest BCUT2D eigenvalue weighted by atomic mass is 9.83. The first-order valence-electron chi connectivity index (χ1n) is 10.1. The van der Waals surface area contributed by atoms with Crippen molar-refractivity contribution in [1.82, 2.24) is 4.90 Å². The van der Waals surface area contributed by atoms with Crippen LogP contribution in [0.25, 0.3) is 0 Å². The van der Waals surface area contributed by atoms with Crippen LogP contribution in [-0.4, -0.2) is 58.6 Å². The summed E-state index contributed by atoms with van der Waals surface area (Å²) in [4.78, 5) is 48.4. The number of pyridine rings is 1. The monoisotopic (exact) mass is 482 g/mol. The van der Waals surface area contributed by atoms with E-state index in [0.717, 1.165) is 5.69 Å². The van der Waals surface area contributed by atoms with E-state index in [4.69, 9.17) is 15.6 Å². The van der Waals surface area contributed by atoms with Gasteiger partial charge in [-0.15, -0.1) is 0 Å². The van der Waals surface area contributed by atoms with Crippen molar-refractivity contribution >= 4 is 29.4 Å². The van der Waals surface area contributed by atoms with Crippen LogP contribution in [0.4, 0.5) is 18.9 Å². The Morgan fingerprint density at radius 2 is 1.94 bits per heavy atom. The number of β-lactam (4-membered cyclic amide) rings is 1. The Kier molecular flexibility index (Phi) is 6.77. The molecule has 2 fully saturated rings. The Morgan fingerprint density at radius 1 is 1.29 bits per heavy atom. The summed E-state index contributed by atoms with van der Waals surface area (Å²) in [7, 11) is 1.89. The van der Waals surface area contributed by atoms with Crippen LogP contribution in [0, 0.1) is 0 Å². The number of fused-ring (bicyclic) bond motifs is 1. The van der Waals surface area contributed by atoms with Gasteiger partial charge in [0.2, 0.25) is 5.91 Å².